The zero-order valence-electron chi connectivity index (χ0n) is 13.4. The summed E-state index contributed by atoms with van der Waals surface area (Å²) in [6.07, 6.45) is 1.89. The third-order valence-electron chi connectivity index (χ3n) is 4.04. The number of hydrogen-bond acceptors (Lipinski definition) is 3. The summed E-state index contributed by atoms with van der Waals surface area (Å²) in [5.41, 5.74) is 1.87. The number of amides is 1. The van der Waals surface area contributed by atoms with E-state index in [4.69, 9.17) is 0 Å². The second kappa shape index (κ2) is 6.79. The van der Waals surface area contributed by atoms with Crippen molar-refractivity contribution in [3.63, 3.8) is 0 Å². The highest BCUT2D eigenvalue weighted by molar-refractivity contribution is 7.88. The van der Waals surface area contributed by atoms with Gasteiger partial charge in [0, 0.05) is 31.7 Å². The second-order valence-electron chi connectivity index (χ2n) is 6.08. The lowest BCUT2D eigenvalue weighted by atomic mass is 10.0. The summed E-state index contributed by atoms with van der Waals surface area (Å²) in [5, 5.41) is 0. The van der Waals surface area contributed by atoms with Gasteiger partial charge >= 0.3 is 0 Å². The topological polar surface area (TPSA) is 57.7 Å². The van der Waals surface area contributed by atoms with Gasteiger partial charge in [-0.05, 0) is 30.0 Å². The van der Waals surface area contributed by atoms with Crippen molar-refractivity contribution >= 4 is 15.9 Å². The van der Waals surface area contributed by atoms with E-state index in [0.29, 0.717) is 44.1 Å². The Morgan fingerprint density at radius 1 is 1.05 bits per heavy atom. The average molecular weight is 324 g/mol. The Kier molecular flexibility index (Phi) is 5.24. The predicted octanol–water partition coefficient (Wildman–Crippen LogP) is 1.92. The van der Waals surface area contributed by atoms with Crippen LogP contribution in [0, 0.1) is 0 Å². The summed E-state index contributed by atoms with van der Waals surface area (Å²) >= 11 is 0. The fourth-order valence-corrected chi connectivity index (χ4v) is 3.50. The third-order valence-corrected chi connectivity index (χ3v) is 5.34. The highest BCUT2D eigenvalue weighted by atomic mass is 32.2. The molecule has 6 heteroatoms. The molecule has 0 aromatic heterocycles. The molecule has 0 bridgehead atoms. The van der Waals surface area contributed by atoms with E-state index >= 15 is 0 Å². The molecular weight excluding hydrogens is 300 g/mol. The van der Waals surface area contributed by atoms with Crippen LogP contribution in [0.2, 0.25) is 0 Å². The first-order valence-corrected chi connectivity index (χ1v) is 9.48. The maximum Gasteiger partial charge on any atom is 0.253 e. The smallest absolute Gasteiger partial charge is 0.253 e. The van der Waals surface area contributed by atoms with Crippen LogP contribution in [0.4, 0.5) is 0 Å². The molecule has 1 aliphatic rings. The van der Waals surface area contributed by atoms with Crippen molar-refractivity contribution in [1.82, 2.24) is 9.21 Å². The minimum atomic E-state index is -3.18. The monoisotopic (exact) mass is 324 g/mol. The number of sulfonamides is 1. The van der Waals surface area contributed by atoms with Gasteiger partial charge in [0.25, 0.3) is 5.91 Å². The van der Waals surface area contributed by atoms with E-state index in [1.54, 1.807) is 4.90 Å². The van der Waals surface area contributed by atoms with Gasteiger partial charge in [-0.2, -0.15) is 0 Å². The number of benzene rings is 1. The van der Waals surface area contributed by atoms with Gasteiger partial charge in [0.05, 0.1) is 6.26 Å². The normalized spacial score (nSPS) is 17.5. The lowest BCUT2D eigenvalue weighted by Crippen LogP contribution is -2.36. The van der Waals surface area contributed by atoms with Crippen LogP contribution in [0.25, 0.3) is 0 Å². The van der Waals surface area contributed by atoms with E-state index in [-0.39, 0.29) is 5.91 Å². The Hall–Kier alpha value is -1.40. The molecule has 1 aromatic carbocycles. The Morgan fingerprint density at radius 2 is 1.68 bits per heavy atom. The molecule has 5 nitrogen and oxygen atoms in total. The number of rotatable bonds is 3. The summed E-state index contributed by atoms with van der Waals surface area (Å²) in [4.78, 5) is 14.3. The van der Waals surface area contributed by atoms with Gasteiger partial charge in [0.1, 0.15) is 0 Å². The minimum Gasteiger partial charge on any atom is -0.337 e. The molecule has 0 spiro atoms. The Balaban J connectivity index is 2.06. The molecule has 0 unspecified atom stereocenters. The van der Waals surface area contributed by atoms with Gasteiger partial charge in [-0.3, -0.25) is 4.79 Å². The number of hydrogen-bond donors (Lipinski definition) is 0. The summed E-state index contributed by atoms with van der Waals surface area (Å²) in [6.45, 7) is 6.12. The van der Waals surface area contributed by atoms with Crippen molar-refractivity contribution in [1.29, 1.82) is 0 Å². The largest absolute Gasteiger partial charge is 0.337 e. The molecular formula is C16H24N2O3S. The molecule has 0 atom stereocenters. The molecule has 1 saturated heterocycles. The summed E-state index contributed by atoms with van der Waals surface area (Å²) in [5.74, 6) is 0.413. The molecule has 1 aliphatic heterocycles. The standard InChI is InChI=1S/C16H24N2O3S/c1-13(2)14-5-7-15(8-6-14)16(19)17-9-4-10-18(12-11-17)22(3,20)21/h5-8,13H,4,9-12H2,1-3H3. The summed E-state index contributed by atoms with van der Waals surface area (Å²) in [6, 6.07) is 7.69. The van der Waals surface area contributed by atoms with E-state index in [1.165, 1.54) is 16.1 Å². The van der Waals surface area contributed by atoms with E-state index in [0.717, 1.165) is 0 Å². The van der Waals surface area contributed by atoms with Crippen molar-refractivity contribution < 1.29 is 13.2 Å². The number of carbonyl (C=O) groups excluding carboxylic acids is 1. The summed E-state index contributed by atoms with van der Waals surface area (Å²) in [7, 11) is -3.18. The van der Waals surface area contributed by atoms with E-state index in [1.807, 2.05) is 24.3 Å². The van der Waals surface area contributed by atoms with Crippen molar-refractivity contribution in [2.75, 3.05) is 32.4 Å². The molecule has 0 saturated carbocycles. The molecule has 0 aliphatic carbocycles. The molecule has 0 N–H and O–H groups in total. The number of nitrogens with zero attached hydrogens (tertiary/aromatic N) is 2. The van der Waals surface area contributed by atoms with Gasteiger partial charge in [-0.15, -0.1) is 0 Å². The van der Waals surface area contributed by atoms with Crippen LogP contribution < -0.4 is 0 Å². The predicted molar refractivity (Wildman–Crippen MR) is 87.5 cm³/mol. The van der Waals surface area contributed by atoms with Crippen LogP contribution >= 0.6 is 0 Å². The summed E-state index contributed by atoms with van der Waals surface area (Å²) < 4.78 is 24.7. The van der Waals surface area contributed by atoms with Crippen molar-refractivity contribution in [3.8, 4) is 0 Å². The quantitative estimate of drug-likeness (QED) is 0.853. The van der Waals surface area contributed by atoms with Gasteiger partial charge < -0.3 is 4.90 Å². The third kappa shape index (κ3) is 4.08. The minimum absolute atomic E-state index is 0.0225. The van der Waals surface area contributed by atoms with Crippen LogP contribution in [0.15, 0.2) is 24.3 Å². The highest BCUT2D eigenvalue weighted by Gasteiger charge is 2.24. The van der Waals surface area contributed by atoms with Crippen molar-refractivity contribution in [3.05, 3.63) is 35.4 Å². The van der Waals surface area contributed by atoms with E-state index in [9.17, 15) is 13.2 Å². The van der Waals surface area contributed by atoms with E-state index < -0.39 is 10.0 Å². The molecule has 22 heavy (non-hydrogen) atoms. The van der Waals surface area contributed by atoms with Crippen LogP contribution in [-0.4, -0.2) is 56.0 Å². The lowest BCUT2D eigenvalue weighted by molar-refractivity contribution is 0.0764. The molecule has 1 amide bonds. The molecule has 1 fully saturated rings. The van der Waals surface area contributed by atoms with Gasteiger partial charge in [-0.25, -0.2) is 12.7 Å². The van der Waals surface area contributed by atoms with E-state index in [2.05, 4.69) is 13.8 Å². The highest BCUT2D eigenvalue weighted by Crippen LogP contribution is 2.16. The first-order chi connectivity index (χ1) is 10.3. The SMILES string of the molecule is CC(C)c1ccc(C(=O)N2CCCN(S(C)(=O)=O)CC2)cc1. The Bertz CT molecular complexity index is 623. The first kappa shape index (κ1) is 17.0. The van der Waals surface area contributed by atoms with Gasteiger partial charge in [0.2, 0.25) is 10.0 Å². The molecule has 2 rings (SSSR count). The lowest BCUT2D eigenvalue weighted by Gasteiger charge is -2.21. The van der Waals surface area contributed by atoms with Gasteiger partial charge in [-0.1, -0.05) is 26.0 Å². The van der Waals surface area contributed by atoms with Crippen molar-refractivity contribution in [2.24, 2.45) is 0 Å². The Morgan fingerprint density at radius 3 is 2.23 bits per heavy atom. The average Bonchev–Trinajstić information content (AvgIpc) is 2.72. The Labute approximate surface area is 133 Å². The molecule has 0 radical (unpaired) electrons. The second-order valence-corrected chi connectivity index (χ2v) is 8.07. The fourth-order valence-electron chi connectivity index (χ4n) is 2.62. The fraction of sp³-hybridized carbons (Fsp3) is 0.562. The zero-order valence-corrected chi connectivity index (χ0v) is 14.3. The van der Waals surface area contributed by atoms with Crippen LogP contribution in [0.1, 0.15) is 42.1 Å². The molecule has 122 valence electrons. The van der Waals surface area contributed by atoms with Gasteiger partial charge in [0.15, 0.2) is 0 Å². The number of carbonyl (C=O) groups is 1. The molecule has 1 heterocycles. The van der Waals surface area contributed by atoms with Crippen LogP contribution in [0.3, 0.4) is 0 Å². The van der Waals surface area contributed by atoms with Crippen LogP contribution in [0.5, 0.6) is 0 Å². The molecule has 1 aromatic rings. The maximum absolute atomic E-state index is 12.5. The zero-order chi connectivity index (χ0) is 16.3. The van der Waals surface area contributed by atoms with Crippen LogP contribution in [-0.2, 0) is 10.0 Å². The van der Waals surface area contributed by atoms with Crippen molar-refractivity contribution in [2.45, 2.75) is 26.2 Å². The first-order valence-electron chi connectivity index (χ1n) is 7.63. The maximum atomic E-state index is 12.5.